The third-order valence-corrected chi connectivity index (χ3v) is 2.94. The maximum absolute atomic E-state index is 12.0. The molecule has 0 spiro atoms. The summed E-state index contributed by atoms with van der Waals surface area (Å²) in [7, 11) is 0. The highest BCUT2D eigenvalue weighted by molar-refractivity contribution is 8.11. The minimum absolute atomic E-state index is 0.167. The molecule has 0 saturated heterocycles. The van der Waals surface area contributed by atoms with Gasteiger partial charge in [0.15, 0.2) is 0 Å². The number of hydrogen-bond acceptors (Lipinski definition) is 3. The van der Waals surface area contributed by atoms with Crippen molar-refractivity contribution in [3.63, 3.8) is 0 Å². The first-order valence-corrected chi connectivity index (χ1v) is 7.17. The van der Waals surface area contributed by atoms with Crippen molar-refractivity contribution in [3.05, 3.63) is 65.7 Å². The molecule has 0 unspecified atom stereocenters. The minimum atomic E-state index is -0.350. The monoisotopic (exact) mass is 331 g/mol. The predicted molar refractivity (Wildman–Crippen MR) is 93.0 cm³/mol. The molecule has 2 amide bonds. The molecule has 0 aromatic heterocycles. The molecule has 0 aliphatic heterocycles. The third kappa shape index (κ3) is 4.57. The van der Waals surface area contributed by atoms with Gasteiger partial charge in [-0.3, -0.25) is 20.4 Å². The maximum Gasteiger partial charge on any atom is 0.269 e. The van der Waals surface area contributed by atoms with Gasteiger partial charge in [0.2, 0.25) is 0 Å². The summed E-state index contributed by atoms with van der Waals surface area (Å²) in [4.78, 5) is 23.7. The number of nitrogens with one attached hydrogen (secondary N) is 3. The highest BCUT2D eigenvalue weighted by Crippen LogP contribution is 2.11. The summed E-state index contributed by atoms with van der Waals surface area (Å²) in [6.07, 6.45) is 0. The van der Waals surface area contributed by atoms with Crippen LogP contribution >= 0.6 is 24.8 Å². The molecule has 22 heavy (non-hydrogen) atoms. The molecule has 7 heteroatoms. The molecule has 0 aliphatic rings. The SMILES string of the molecule is O=C(NNC(=S)S)c1ccc(NC(=O)c2ccccc2)cc1. The van der Waals surface area contributed by atoms with Crippen LogP contribution in [0.5, 0.6) is 0 Å². The number of amides is 2. The van der Waals surface area contributed by atoms with Gasteiger partial charge in [0.1, 0.15) is 4.32 Å². The van der Waals surface area contributed by atoms with Crippen LogP contribution in [0.4, 0.5) is 5.69 Å². The normalized spacial score (nSPS) is 9.68. The summed E-state index contributed by atoms with van der Waals surface area (Å²) < 4.78 is 0.167. The number of thiocarbonyl (C=S) groups is 1. The van der Waals surface area contributed by atoms with E-state index in [9.17, 15) is 9.59 Å². The van der Waals surface area contributed by atoms with Crippen molar-refractivity contribution in [2.75, 3.05) is 5.32 Å². The highest BCUT2D eigenvalue weighted by atomic mass is 32.1. The van der Waals surface area contributed by atoms with Crippen LogP contribution in [-0.4, -0.2) is 16.1 Å². The molecular formula is C15H13N3O2S2. The van der Waals surface area contributed by atoms with E-state index in [2.05, 4.69) is 41.0 Å². The third-order valence-electron chi connectivity index (χ3n) is 2.72. The fraction of sp³-hybridized carbons (Fsp3) is 0. The average molecular weight is 331 g/mol. The van der Waals surface area contributed by atoms with Gasteiger partial charge in [0, 0.05) is 16.8 Å². The van der Waals surface area contributed by atoms with Crippen LogP contribution in [0.3, 0.4) is 0 Å². The molecule has 3 N–H and O–H groups in total. The van der Waals surface area contributed by atoms with Crippen LogP contribution in [0.15, 0.2) is 54.6 Å². The first-order valence-electron chi connectivity index (χ1n) is 6.32. The zero-order chi connectivity index (χ0) is 15.9. The molecule has 112 valence electrons. The van der Waals surface area contributed by atoms with Gasteiger partial charge in [0.05, 0.1) is 0 Å². The highest BCUT2D eigenvalue weighted by Gasteiger charge is 2.07. The van der Waals surface area contributed by atoms with Crippen molar-refractivity contribution in [3.8, 4) is 0 Å². The Hall–Kier alpha value is -2.38. The van der Waals surface area contributed by atoms with Crippen molar-refractivity contribution < 1.29 is 9.59 Å². The second kappa shape index (κ2) is 7.58. The minimum Gasteiger partial charge on any atom is -0.322 e. The van der Waals surface area contributed by atoms with Crippen LogP contribution < -0.4 is 16.2 Å². The summed E-state index contributed by atoms with van der Waals surface area (Å²) in [6.45, 7) is 0. The smallest absolute Gasteiger partial charge is 0.269 e. The Balaban J connectivity index is 1.98. The topological polar surface area (TPSA) is 70.2 Å². The lowest BCUT2D eigenvalue weighted by atomic mass is 10.2. The Morgan fingerprint density at radius 1 is 0.818 bits per heavy atom. The summed E-state index contributed by atoms with van der Waals surface area (Å²) >= 11 is 8.50. The molecule has 0 fully saturated rings. The molecule has 2 rings (SSSR count). The van der Waals surface area contributed by atoms with E-state index >= 15 is 0 Å². The Bertz CT molecular complexity index is 688. The predicted octanol–water partition coefficient (Wildman–Crippen LogP) is 2.39. The van der Waals surface area contributed by atoms with Crippen molar-refractivity contribution in [1.29, 1.82) is 0 Å². The Kier molecular flexibility index (Phi) is 5.51. The van der Waals surface area contributed by atoms with E-state index in [4.69, 9.17) is 0 Å². The number of carbonyl (C=O) groups is 2. The number of hydrogen-bond donors (Lipinski definition) is 4. The fourth-order valence-electron chi connectivity index (χ4n) is 1.68. The number of hydrazine groups is 1. The van der Waals surface area contributed by atoms with Gasteiger partial charge in [0.25, 0.3) is 11.8 Å². The van der Waals surface area contributed by atoms with Crippen LogP contribution in [0.1, 0.15) is 20.7 Å². The van der Waals surface area contributed by atoms with E-state index in [1.165, 1.54) is 0 Å². The summed E-state index contributed by atoms with van der Waals surface area (Å²) in [5.41, 5.74) is 6.42. The Morgan fingerprint density at radius 2 is 1.41 bits per heavy atom. The van der Waals surface area contributed by atoms with Crippen LogP contribution in [-0.2, 0) is 0 Å². The van der Waals surface area contributed by atoms with Gasteiger partial charge >= 0.3 is 0 Å². The number of thiol groups is 1. The maximum atomic E-state index is 12.0. The number of benzene rings is 2. The van der Waals surface area contributed by atoms with E-state index in [0.29, 0.717) is 16.8 Å². The summed E-state index contributed by atoms with van der Waals surface area (Å²) in [6, 6.07) is 15.4. The molecule has 0 aliphatic carbocycles. The summed E-state index contributed by atoms with van der Waals surface area (Å²) in [5, 5.41) is 2.76. The first kappa shape index (κ1) is 16.0. The molecule has 2 aromatic carbocycles. The lowest BCUT2D eigenvalue weighted by Gasteiger charge is -2.08. The fourth-order valence-corrected chi connectivity index (χ4v) is 1.79. The second-order valence-corrected chi connectivity index (χ2v) is 5.44. The van der Waals surface area contributed by atoms with E-state index in [0.717, 1.165) is 0 Å². The Labute approximate surface area is 138 Å². The first-order chi connectivity index (χ1) is 10.6. The molecule has 0 saturated carbocycles. The van der Waals surface area contributed by atoms with E-state index in [-0.39, 0.29) is 16.1 Å². The second-order valence-electron chi connectivity index (χ2n) is 4.28. The molecule has 0 heterocycles. The summed E-state index contributed by atoms with van der Waals surface area (Å²) in [5.74, 6) is -0.558. The lowest BCUT2D eigenvalue weighted by molar-refractivity contribution is 0.0944. The van der Waals surface area contributed by atoms with Gasteiger partial charge < -0.3 is 5.32 Å². The average Bonchev–Trinajstić information content (AvgIpc) is 2.54. The molecule has 0 atom stereocenters. The number of anilines is 1. The van der Waals surface area contributed by atoms with Gasteiger partial charge in [-0.15, -0.1) is 12.6 Å². The molecular weight excluding hydrogens is 318 g/mol. The largest absolute Gasteiger partial charge is 0.322 e. The number of rotatable bonds is 3. The molecule has 5 nitrogen and oxygen atoms in total. The molecule has 0 bridgehead atoms. The van der Waals surface area contributed by atoms with Gasteiger partial charge in [-0.25, -0.2) is 0 Å². The van der Waals surface area contributed by atoms with Crippen LogP contribution in [0, 0.1) is 0 Å². The van der Waals surface area contributed by atoms with Gasteiger partial charge in [-0.1, -0.05) is 30.4 Å². The van der Waals surface area contributed by atoms with E-state index in [1.54, 1.807) is 48.5 Å². The zero-order valence-corrected chi connectivity index (χ0v) is 13.1. The number of carbonyl (C=O) groups excluding carboxylic acids is 2. The van der Waals surface area contributed by atoms with Crippen LogP contribution in [0.25, 0.3) is 0 Å². The van der Waals surface area contributed by atoms with Crippen molar-refractivity contribution in [2.45, 2.75) is 0 Å². The quantitative estimate of drug-likeness (QED) is 0.396. The van der Waals surface area contributed by atoms with Crippen LogP contribution in [0.2, 0.25) is 0 Å². The zero-order valence-electron chi connectivity index (χ0n) is 11.4. The molecule has 0 radical (unpaired) electrons. The van der Waals surface area contributed by atoms with Gasteiger partial charge in [-0.05, 0) is 36.4 Å². The van der Waals surface area contributed by atoms with Crippen molar-refractivity contribution >= 4 is 46.7 Å². The molecule has 2 aromatic rings. The van der Waals surface area contributed by atoms with E-state index in [1.807, 2.05) is 6.07 Å². The van der Waals surface area contributed by atoms with Crippen molar-refractivity contribution in [1.82, 2.24) is 10.9 Å². The lowest BCUT2D eigenvalue weighted by Crippen LogP contribution is -2.38. The Morgan fingerprint density at radius 3 is 2.00 bits per heavy atom. The van der Waals surface area contributed by atoms with Crippen molar-refractivity contribution in [2.24, 2.45) is 0 Å². The standard InChI is InChI=1S/C15H13N3O2S2/c19-13(10-4-2-1-3-5-10)16-12-8-6-11(7-9-12)14(20)17-18-15(21)22/h1-9H,(H,16,19)(H,17,20)(H2,18,21,22). The van der Waals surface area contributed by atoms with Gasteiger partial charge in [-0.2, -0.15) is 0 Å². The van der Waals surface area contributed by atoms with E-state index < -0.39 is 0 Å².